The van der Waals surface area contributed by atoms with Crippen molar-refractivity contribution in [1.29, 1.82) is 0 Å². The molecule has 0 unspecified atom stereocenters. The lowest BCUT2D eigenvalue weighted by atomic mass is 10.1. The third-order valence-electron chi connectivity index (χ3n) is 2.12. The Morgan fingerprint density at radius 3 is 2.44 bits per heavy atom. The first-order valence-corrected chi connectivity index (χ1v) is 6.01. The van der Waals surface area contributed by atoms with Crippen LogP contribution in [0.4, 0.5) is 11.4 Å². The van der Waals surface area contributed by atoms with Crippen molar-refractivity contribution in [2.24, 2.45) is 0 Å². The van der Waals surface area contributed by atoms with Gasteiger partial charge in [-0.3, -0.25) is 25.0 Å². The summed E-state index contributed by atoms with van der Waals surface area (Å²) in [7, 11) is 0. The summed E-state index contributed by atoms with van der Waals surface area (Å²) < 4.78 is 0. The van der Waals surface area contributed by atoms with Crippen molar-refractivity contribution in [2.45, 2.75) is 13.3 Å². The van der Waals surface area contributed by atoms with Crippen molar-refractivity contribution in [3.05, 3.63) is 44.0 Å². The van der Waals surface area contributed by atoms with Gasteiger partial charge in [0.2, 0.25) is 0 Å². The van der Waals surface area contributed by atoms with E-state index < -0.39 is 15.5 Å². The van der Waals surface area contributed by atoms with Crippen molar-refractivity contribution in [2.75, 3.05) is 5.75 Å². The third kappa shape index (κ3) is 3.52. The number of hydrogen-bond donors (Lipinski definition) is 0. The van der Waals surface area contributed by atoms with Crippen LogP contribution >= 0.6 is 11.8 Å². The van der Waals surface area contributed by atoms with Crippen LogP contribution in [0.1, 0.15) is 12.5 Å². The summed E-state index contributed by atoms with van der Waals surface area (Å²) in [5, 5.41) is 21.1. The average Bonchev–Trinajstić information content (AvgIpc) is 2.29. The van der Waals surface area contributed by atoms with Gasteiger partial charge in [0.15, 0.2) is 5.12 Å². The highest BCUT2D eigenvalue weighted by molar-refractivity contribution is 8.13. The molecule has 1 rings (SSSR count). The summed E-state index contributed by atoms with van der Waals surface area (Å²) in [6, 6.07) is 3.29. The van der Waals surface area contributed by atoms with E-state index >= 15 is 0 Å². The monoisotopic (exact) mass is 270 g/mol. The lowest BCUT2D eigenvalue weighted by Crippen LogP contribution is -2.03. The van der Waals surface area contributed by atoms with E-state index in [0.29, 0.717) is 5.75 Å². The fraction of sp³-hybridized carbons (Fsp3) is 0.300. The second-order valence-corrected chi connectivity index (χ2v) is 4.63. The van der Waals surface area contributed by atoms with Gasteiger partial charge in [0, 0.05) is 18.1 Å². The first-order chi connectivity index (χ1) is 8.45. The number of nitro groups is 2. The molecule has 7 nitrogen and oxygen atoms in total. The maximum absolute atomic E-state index is 11.4. The maximum Gasteiger partial charge on any atom is 0.279 e. The molecule has 0 radical (unpaired) electrons. The maximum atomic E-state index is 11.4. The highest BCUT2D eigenvalue weighted by Gasteiger charge is 2.20. The molecule has 0 N–H and O–H groups in total. The van der Waals surface area contributed by atoms with E-state index in [1.165, 1.54) is 6.07 Å². The largest absolute Gasteiger partial charge is 0.287 e. The fourth-order valence-corrected chi connectivity index (χ4v) is 1.93. The van der Waals surface area contributed by atoms with E-state index in [0.717, 1.165) is 23.9 Å². The summed E-state index contributed by atoms with van der Waals surface area (Å²) in [5.41, 5.74) is -0.563. The quantitative estimate of drug-likeness (QED) is 0.600. The molecule has 0 saturated carbocycles. The molecule has 0 aliphatic rings. The standard InChI is InChI=1S/C10H10N2O5S/c1-2-18-10(13)5-7-3-4-8(11(14)15)6-9(7)12(16)17/h3-4,6H,2,5H2,1H3. The highest BCUT2D eigenvalue weighted by atomic mass is 32.2. The molecule has 1 aromatic rings. The minimum Gasteiger partial charge on any atom is -0.287 e. The van der Waals surface area contributed by atoms with E-state index in [9.17, 15) is 25.0 Å². The molecule has 0 aliphatic carbocycles. The van der Waals surface area contributed by atoms with Crippen LogP contribution in [0.2, 0.25) is 0 Å². The molecule has 8 heteroatoms. The van der Waals surface area contributed by atoms with Gasteiger partial charge >= 0.3 is 0 Å². The molecule has 0 bridgehead atoms. The number of non-ortho nitro benzene ring substituents is 1. The Morgan fingerprint density at radius 2 is 1.94 bits per heavy atom. The second-order valence-electron chi connectivity index (χ2n) is 3.31. The van der Waals surface area contributed by atoms with Gasteiger partial charge in [-0.05, 0) is 11.8 Å². The molecule has 18 heavy (non-hydrogen) atoms. The zero-order valence-electron chi connectivity index (χ0n) is 9.49. The van der Waals surface area contributed by atoms with Crippen LogP contribution in [0.15, 0.2) is 18.2 Å². The molecule has 0 aromatic heterocycles. The zero-order valence-corrected chi connectivity index (χ0v) is 10.3. The number of carbonyl (C=O) groups excluding carboxylic acids is 1. The van der Waals surface area contributed by atoms with Crippen LogP contribution in [-0.2, 0) is 11.2 Å². The Kier molecular flexibility index (Phi) is 4.78. The first-order valence-electron chi connectivity index (χ1n) is 5.03. The minimum atomic E-state index is -0.716. The fourth-order valence-electron chi connectivity index (χ4n) is 1.35. The van der Waals surface area contributed by atoms with E-state index in [4.69, 9.17) is 0 Å². The predicted molar refractivity (Wildman–Crippen MR) is 66.6 cm³/mol. The Morgan fingerprint density at radius 1 is 1.28 bits per heavy atom. The van der Waals surface area contributed by atoms with E-state index in [-0.39, 0.29) is 22.8 Å². The normalized spacial score (nSPS) is 10.1. The lowest BCUT2D eigenvalue weighted by Gasteiger charge is -2.01. The average molecular weight is 270 g/mol. The van der Waals surface area contributed by atoms with E-state index in [1.807, 2.05) is 0 Å². The number of benzene rings is 1. The molecular formula is C10H10N2O5S. The van der Waals surface area contributed by atoms with Gasteiger partial charge in [-0.1, -0.05) is 18.7 Å². The molecule has 0 spiro atoms. The van der Waals surface area contributed by atoms with Crippen LogP contribution in [-0.4, -0.2) is 20.7 Å². The Labute approximate surface area is 106 Å². The number of carbonyl (C=O) groups is 1. The smallest absolute Gasteiger partial charge is 0.279 e. The Hall–Kier alpha value is -1.96. The van der Waals surface area contributed by atoms with Crippen molar-refractivity contribution in [3.63, 3.8) is 0 Å². The topological polar surface area (TPSA) is 103 Å². The zero-order chi connectivity index (χ0) is 13.7. The van der Waals surface area contributed by atoms with Crippen molar-refractivity contribution in [1.82, 2.24) is 0 Å². The van der Waals surface area contributed by atoms with Crippen LogP contribution in [0.5, 0.6) is 0 Å². The van der Waals surface area contributed by atoms with Gasteiger partial charge in [-0.2, -0.15) is 0 Å². The lowest BCUT2D eigenvalue weighted by molar-refractivity contribution is -0.394. The van der Waals surface area contributed by atoms with Crippen molar-refractivity contribution in [3.8, 4) is 0 Å². The van der Waals surface area contributed by atoms with Gasteiger partial charge in [0.1, 0.15) is 0 Å². The summed E-state index contributed by atoms with van der Waals surface area (Å²) >= 11 is 1.06. The molecule has 0 atom stereocenters. The van der Waals surface area contributed by atoms with Gasteiger partial charge in [0.05, 0.1) is 15.9 Å². The summed E-state index contributed by atoms with van der Waals surface area (Å²) in [6.45, 7) is 1.80. The number of rotatable bonds is 5. The predicted octanol–water partition coefficient (Wildman–Crippen LogP) is 2.33. The number of nitrogens with zero attached hydrogens (tertiary/aromatic N) is 2. The molecule has 0 fully saturated rings. The third-order valence-corrected chi connectivity index (χ3v) is 2.87. The van der Waals surface area contributed by atoms with Crippen molar-refractivity contribution < 1.29 is 14.6 Å². The summed E-state index contributed by atoms with van der Waals surface area (Å²) in [5.74, 6) is 0.583. The SMILES string of the molecule is CCSC(=O)Cc1ccc([N+](=O)[O-])cc1[N+](=O)[O-]. The molecule has 0 amide bonds. The summed E-state index contributed by atoms with van der Waals surface area (Å²) in [4.78, 5) is 31.3. The van der Waals surface area contributed by atoms with Gasteiger partial charge < -0.3 is 0 Å². The molecule has 0 aliphatic heterocycles. The Balaban J connectivity index is 3.08. The van der Waals surface area contributed by atoms with Crippen LogP contribution in [0.3, 0.4) is 0 Å². The van der Waals surface area contributed by atoms with Crippen molar-refractivity contribution >= 4 is 28.3 Å². The number of thioether (sulfide) groups is 1. The van der Waals surface area contributed by atoms with Crippen LogP contribution in [0, 0.1) is 20.2 Å². The molecule has 0 saturated heterocycles. The Bertz CT molecular complexity index is 503. The van der Waals surface area contributed by atoms with Crippen LogP contribution in [0.25, 0.3) is 0 Å². The van der Waals surface area contributed by atoms with Gasteiger partial charge in [0.25, 0.3) is 11.4 Å². The number of hydrogen-bond acceptors (Lipinski definition) is 6. The van der Waals surface area contributed by atoms with Gasteiger partial charge in [-0.15, -0.1) is 0 Å². The number of nitro benzene ring substituents is 2. The van der Waals surface area contributed by atoms with E-state index in [2.05, 4.69) is 0 Å². The van der Waals surface area contributed by atoms with E-state index in [1.54, 1.807) is 6.92 Å². The van der Waals surface area contributed by atoms with Gasteiger partial charge in [-0.25, -0.2) is 0 Å². The molecule has 0 heterocycles. The summed E-state index contributed by atoms with van der Waals surface area (Å²) in [6.07, 6.45) is -0.104. The minimum absolute atomic E-state index is 0.104. The second kappa shape index (κ2) is 6.10. The molecule has 1 aromatic carbocycles. The molecular weight excluding hydrogens is 260 g/mol. The highest BCUT2D eigenvalue weighted by Crippen LogP contribution is 2.26. The first kappa shape index (κ1) is 14.1. The van der Waals surface area contributed by atoms with Crippen LogP contribution < -0.4 is 0 Å². The molecule has 96 valence electrons.